The smallest absolute Gasteiger partial charge is 0.309 e. The summed E-state index contributed by atoms with van der Waals surface area (Å²) in [6.07, 6.45) is 3.32. The minimum Gasteiger partial charge on any atom is -0.481 e. The number of ether oxygens (including phenoxy) is 4. The average molecular weight is 675 g/mol. The molecule has 4 aliphatic carbocycles. The summed E-state index contributed by atoms with van der Waals surface area (Å²) in [5, 5.41) is 32.2. The van der Waals surface area contributed by atoms with Crippen LogP contribution in [0.5, 0.6) is 0 Å². The van der Waals surface area contributed by atoms with E-state index in [0.717, 1.165) is 38.5 Å². The fourth-order valence-electron chi connectivity index (χ4n) is 12.1. The van der Waals surface area contributed by atoms with Crippen molar-refractivity contribution < 1.29 is 48.7 Å². The van der Waals surface area contributed by atoms with E-state index in [2.05, 4.69) is 48.5 Å². The van der Waals surface area contributed by atoms with Crippen LogP contribution in [-0.2, 0) is 33.3 Å². The third-order valence-electron chi connectivity index (χ3n) is 14.5. The van der Waals surface area contributed by atoms with Crippen molar-refractivity contribution in [2.45, 2.75) is 168 Å². The molecular formula is C38H58O10. The highest BCUT2D eigenvalue weighted by Crippen LogP contribution is 2.73. The molecule has 0 aromatic carbocycles. The van der Waals surface area contributed by atoms with E-state index >= 15 is 0 Å². The quantitative estimate of drug-likeness (QED) is 0.227. The number of carboxylic acids is 1. The van der Waals surface area contributed by atoms with Crippen LogP contribution in [0.25, 0.3) is 0 Å². The van der Waals surface area contributed by atoms with Gasteiger partial charge in [-0.15, -0.1) is 0 Å². The lowest BCUT2D eigenvalue weighted by atomic mass is 9.42. The lowest BCUT2D eigenvalue weighted by Crippen LogP contribution is -2.63. The summed E-state index contributed by atoms with van der Waals surface area (Å²) >= 11 is 0. The van der Waals surface area contributed by atoms with Crippen LogP contribution in [0.2, 0.25) is 0 Å². The van der Waals surface area contributed by atoms with Crippen LogP contribution >= 0.6 is 0 Å². The van der Waals surface area contributed by atoms with E-state index in [9.17, 15) is 29.7 Å². The summed E-state index contributed by atoms with van der Waals surface area (Å²) < 4.78 is 24.9. The molecule has 0 radical (unpaired) electrons. The number of aliphatic hydroxyl groups excluding tert-OH is 1. The zero-order valence-electron chi connectivity index (χ0n) is 30.4. The molecule has 0 amide bonds. The number of rotatable bonds is 7. The van der Waals surface area contributed by atoms with E-state index in [0.29, 0.717) is 12.8 Å². The maximum atomic E-state index is 13.3. The van der Waals surface area contributed by atoms with Gasteiger partial charge in [0.05, 0.1) is 36.3 Å². The van der Waals surface area contributed by atoms with E-state index in [1.807, 2.05) is 0 Å². The second-order valence-corrected chi connectivity index (χ2v) is 18.2. The van der Waals surface area contributed by atoms with Crippen molar-refractivity contribution in [1.82, 2.24) is 0 Å². The van der Waals surface area contributed by atoms with Crippen LogP contribution in [0.3, 0.4) is 0 Å². The molecule has 0 aromatic heterocycles. The van der Waals surface area contributed by atoms with Crippen molar-refractivity contribution >= 4 is 17.9 Å². The fraction of sp³-hybridized carbons (Fsp3) is 0.868. The molecule has 10 heteroatoms. The standard InChI is InChI=1S/C38H58O10/c1-20(39)45-31-25(46-30(43)19-35(6,44)18-29(41)42)17-36(7)24-16-27(40)38(9)22(21-10-13-28-34(4,5)48-32(21)47-28)14-15-37(38,8)23(24)11-12-26(36)33(31,2)3/h21-22,25-28,31-32,40,44H,10-19H2,1-9H3,(H,41,42)/t21-,22-,25-,26+,27+,28-,31+,32-,35+,36-,37+,38+/m1/s1. The van der Waals surface area contributed by atoms with E-state index < -0.39 is 65.5 Å². The predicted molar refractivity (Wildman–Crippen MR) is 175 cm³/mol. The number of aliphatic hydroxyl groups is 2. The summed E-state index contributed by atoms with van der Waals surface area (Å²) in [4.78, 5) is 37.0. The number of carbonyl (C=O) groups is 3. The Morgan fingerprint density at radius 3 is 2.29 bits per heavy atom. The van der Waals surface area contributed by atoms with Crippen LogP contribution in [0, 0.1) is 39.4 Å². The Kier molecular flexibility index (Phi) is 8.58. The second-order valence-electron chi connectivity index (χ2n) is 18.2. The summed E-state index contributed by atoms with van der Waals surface area (Å²) in [6.45, 7) is 17.9. The van der Waals surface area contributed by atoms with E-state index in [1.165, 1.54) is 25.0 Å². The van der Waals surface area contributed by atoms with Crippen molar-refractivity contribution in [2.24, 2.45) is 39.4 Å². The SMILES string of the molecule is CC(=O)O[C@H]1[C@H](OC(=O)C[C@@](C)(O)CC(=O)O)C[C@]2(C)C3=C(CC[C@H]2C1(C)C)[C@]1(C)CC[C@H]([C@H]2CC[C@H]4O[C@@H]2OC4(C)C)[C@@]1(C)[C@@H](O)C3. The number of aliphatic carboxylic acids is 1. The molecule has 3 N–H and O–H groups in total. The Morgan fingerprint density at radius 1 is 0.958 bits per heavy atom. The average Bonchev–Trinajstić information content (AvgIpc) is 3.35. The molecule has 12 atom stereocenters. The van der Waals surface area contributed by atoms with Gasteiger partial charge in [0, 0.05) is 23.7 Å². The molecule has 0 aromatic rings. The summed E-state index contributed by atoms with van der Waals surface area (Å²) in [6, 6.07) is 0. The predicted octanol–water partition coefficient (Wildman–Crippen LogP) is 5.71. The van der Waals surface area contributed by atoms with Gasteiger partial charge in [0.15, 0.2) is 6.29 Å². The largest absolute Gasteiger partial charge is 0.481 e. The van der Waals surface area contributed by atoms with Gasteiger partial charge < -0.3 is 34.3 Å². The van der Waals surface area contributed by atoms with E-state index in [-0.39, 0.29) is 46.6 Å². The molecule has 270 valence electrons. The first kappa shape index (κ1) is 35.8. The number of esters is 2. The Bertz CT molecular complexity index is 1380. The Labute approximate surface area is 285 Å². The highest BCUT2D eigenvalue weighted by atomic mass is 16.7. The van der Waals surface area contributed by atoms with Gasteiger partial charge in [-0.3, -0.25) is 14.4 Å². The van der Waals surface area contributed by atoms with Gasteiger partial charge >= 0.3 is 17.9 Å². The second kappa shape index (κ2) is 11.5. The minimum atomic E-state index is -1.79. The molecule has 10 nitrogen and oxygen atoms in total. The molecule has 0 spiro atoms. The third kappa shape index (κ3) is 5.37. The zero-order valence-corrected chi connectivity index (χ0v) is 30.4. The molecular weight excluding hydrogens is 616 g/mol. The molecule has 4 fully saturated rings. The van der Waals surface area contributed by atoms with Crippen LogP contribution < -0.4 is 0 Å². The molecule has 0 unspecified atom stereocenters. The maximum Gasteiger partial charge on any atom is 0.309 e. The minimum absolute atomic E-state index is 0.0910. The highest BCUT2D eigenvalue weighted by molar-refractivity contribution is 5.74. The first-order valence-corrected chi connectivity index (χ1v) is 18.1. The molecule has 2 saturated heterocycles. The molecule has 48 heavy (non-hydrogen) atoms. The van der Waals surface area contributed by atoms with E-state index in [4.69, 9.17) is 18.9 Å². The van der Waals surface area contributed by atoms with Crippen molar-refractivity contribution in [3.8, 4) is 0 Å². The van der Waals surface area contributed by atoms with Crippen molar-refractivity contribution in [3.63, 3.8) is 0 Å². The summed E-state index contributed by atoms with van der Waals surface area (Å²) in [5.74, 6) is -1.85. The lowest BCUT2D eigenvalue weighted by Gasteiger charge is -2.64. The normalized spacial score (nSPS) is 45.3. The van der Waals surface area contributed by atoms with Crippen LogP contribution in [0.1, 0.15) is 127 Å². The van der Waals surface area contributed by atoms with Gasteiger partial charge in [-0.2, -0.15) is 0 Å². The number of hydrogen-bond acceptors (Lipinski definition) is 9. The van der Waals surface area contributed by atoms with Crippen LogP contribution in [0.15, 0.2) is 11.1 Å². The van der Waals surface area contributed by atoms with E-state index in [1.54, 1.807) is 0 Å². The summed E-state index contributed by atoms with van der Waals surface area (Å²) in [7, 11) is 0. The number of fused-ring (bicyclic) bond motifs is 6. The molecule has 2 aliphatic heterocycles. The van der Waals surface area contributed by atoms with Gasteiger partial charge in [0.1, 0.15) is 12.2 Å². The van der Waals surface area contributed by atoms with Gasteiger partial charge in [-0.25, -0.2) is 0 Å². The molecule has 6 aliphatic rings. The topological polar surface area (TPSA) is 149 Å². The third-order valence-corrected chi connectivity index (χ3v) is 14.5. The Hall–Kier alpha value is -2.01. The number of allylic oxidation sites excluding steroid dienone is 1. The molecule has 2 bridgehead atoms. The van der Waals surface area contributed by atoms with Gasteiger partial charge in [-0.05, 0) is 94.8 Å². The Morgan fingerprint density at radius 2 is 1.65 bits per heavy atom. The zero-order chi connectivity index (χ0) is 35.4. The summed E-state index contributed by atoms with van der Waals surface area (Å²) in [5.41, 5.74) is -1.05. The monoisotopic (exact) mass is 674 g/mol. The number of hydrogen-bond donors (Lipinski definition) is 3. The van der Waals surface area contributed by atoms with Gasteiger partial charge in [0.2, 0.25) is 0 Å². The van der Waals surface area contributed by atoms with Gasteiger partial charge in [-0.1, -0.05) is 45.8 Å². The van der Waals surface area contributed by atoms with Crippen LogP contribution in [-0.4, -0.2) is 75.1 Å². The Balaban J connectivity index is 1.34. The fourth-order valence-corrected chi connectivity index (χ4v) is 12.1. The van der Waals surface area contributed by atoms with Crippen molar-refractivity contribution in [1.29, 1.82) is 0 Å². The molecule has 6 rings (SSSR count). The lowest BCUT2D eigenvalue weighted by molar-refractivity contribution is -0.209. The first-order chi connectivity index (χ1) is 22.1. The maximum absolute atomic E-state index is 13.3. The molecule has 2 saturated carbocycles. The molecule has 2 heterocycles. The first-order valence-electron chi connectivity index (χ1n) is 18.1. The van der Waals surface area contributed by atoms with Crippen molar-refractivity contribution in [2.75, 3.05) is 0 Å². The van der Waals surface area contributed by atoms with Gasteiger partial charge in [0.25, 0.3) is 0 Å². The number of carbonyl (C=O) groups excluding carboxylic acids is 2. The van der Waals surface area contributed by atoms with Crippen molar-refractivity contribution in [3.05, 3.63) is 11.1 Å². The number of carboxylic acid groups (broad SMARTS) is 1. The highest BCUT2D eigenvalue weighted by Gasteiger charge is 2.69. The van der Waals surface area contributed by atoms with Crippen LogP contribution in [0.4, 0.5) is 0 Å².